The second-order valence-corrected chi connectivity index (χ2v) is 5.50. The van der Waals surface area contributed by atoms with E-state index in [-0.39, 0.29) is 9.52 Å². The lowest BCUT2D eigenvalue weighted by atomic mass is 10.2. The van der Waals surface area contributed by atoms with Crippen molar-refractivity contribution in [3.8, 4) is 0 Å². The third kappa shape index (κ3) is 2.45. The molecule has 0 amide bonds. The Balaban J connectivity index is 2.28. The Labute approximate surface area is 93.1 Å². The maximum atomic E-state index is 3.86. The van der Waals surface area contributed by atoms with Crippen LogP contribution >= 0.6 is 0 Å². The van der Waals surface area contributed by atoms with Gasteiger partial charge in [-0.15, -0.1) is 0 Å². The molecule has 0 unspecified atom stereocenters. The highest BCUT2D eigenvalue weighted by Crippen LogP contribution is 1.96. The Morgan fingerprint density at radius 1 is 0.867 bits per heavy atom. The molecular weight excluding hydrogens is 196 g/mol. The van der Waals surface area contributed by atoms with Crippen molar-refractivity contribution in [1.29, 1.82) is 0 Å². The second kappa shape index (κ2) is 4.76. The molecule has 0 heterocycles. The number of benzene rings is 2. The minimum atomic E-state index is -0.345. The summed E-state index contributed by atoms with van der Waals surface area (Å²) in [6.07, 6.45) is 1.95. The van der Waals surface area contributed by atoms with E-state index in [0.717, 1.165) is 0 Å². The number of rotatable bonds is 3. The summed E-state index contributed by atoms with van der Waals surface area (Å²) in [6, 6.07) is 19.2. The first-order chi connectivity index (χ1) is 7.40. The fraction of sp³-hybridized carbons (Fsp3) is 0. The van der Waals surface area contributed by atoms with Crippen molar-refractivity contribution < 1.29 is 0 Å². The molecule has 0 aliphatic carbocycles. The van der Waals surface area contributed by atoms with Crippen LogP contribution in [-0.2, 0) is 0 Å². The molecule has 2 aromatic rings. The molecule has 0 nitrogen and oxygen atoms in total. The third-order valence-corrected chi connectivity index (χ3v) is 4.42. The third-order valence-electron chi connectivity index (χ3n) is 2.51. The Bertz CT molecular complexity index is 446. The molecule has 0 aromatic heterocycles. The van der Waals surface area contributed by atoms with Crippen LogP contribution in [-0.4, -0.2) is 9.52 Å². The molecule has 0 bridgehead atoms. The smallest absolute Gasteiger partial charge is 0.0882 e. The van der Waals surface area contributed by atoms with Crippen molar-refractivity contribution in [1.82, 2.24) is 0 Å². The van der Waals surface area contributed by atoms with Crippen molar-refractivity contribution in [2.24, 2.45) is 0 Å². The van der Waals surface area contributed by atoms with E-state index in [0.29, 0.717) is 0 Å². The van der Waals surface area contributed by atoms with Crippen LogP contribution in [0.15, 0.2) is 61.2 Å². The van der Waals surface area contributed by atoms with Crippen LogP contribution in [0.3, 0.4) is 0 Å². The molecule has 0 aliphatic heterocycles. The van der Waals surface area contributed by atoms with Crippen LogP contribution in [0.5, 0.6) is 0 Å². The first kappa shape index (κ1) is 9.93. The van der Waals surface area contributed by atoms with Crippen molar-refractivity contribution in [3.63, 3.8) is 0 Å². The summed E-state index contributed by atoms with van der Waals surface area (Å²) in [4.78, 5) is 0. The molecule has 15 heavy (non-hydrogen) atoms. The van der Waals surface area contributed by atoms with Crippen LogP contribution in [0, 0.1) is 0 Å². The monoisotopic (exact) mass is 210 g/mol. The number of hydrogen-bond acceptors (Lipinski definition) is 0. The largest absolute Gasteiger partial charge is 0.0985 e. The minimum Gasteiger partial charge on any atom is -0.0985 e. The molecule has 0 spiro atoms. The fourth-order valence-corrected chi connectivity index (χ4v) is 3.38. The zero-order chi connectivity index (χ0) is 10.5. The van der Waals surface area contributed by atoms with E-state index >= 15 is 0 Å². The Morgan fingerprint density at radius 3 is 2.27 bits per heavy atom. The first-order valence-electron chi connectivity index (χ1n) is 5.14. The van der Waals surface area contributed by atoms with Crippen molar-refractivity contribution in [2.75, 3.05) is 0 Å². The lowest BCUT2D eigenvalue weighted by Gasteiger charge is -2.04. The molecule has 0 saturated heterocycles. The predicted octanol–water partition coefficient (Wildman–Crippen LogP) is 1.45. The van der Waals surface area contributed by atoms with E-state index in [1.54, 1.807) is 0 Å². The van der Waals surface area contributed by atoms with Gasteiger partial charge in [0.1, 0.15) is 0 Å². The SMILES string of the molecule is C=Cc1ccccc1[SiH2]c1ccccc1. The molecule has 0 fully saturated rings. The van der Waals surface area contributed by atoms with Crippen LogP contribution in [0.2, 0.25) is 0 Å². The normalized spacial score (nSPS) is 10.7. The standard InChI is InChI=1S/C14H14Si/c1-2-12-8-6-7-11-14(12)15-13-9-4-3-5-10-13/h2-11H,1,15H2. The van der Waals surface area contributed by atoms with E-state index in [1.807, 2.05) is 6.08 Å². The van der Waals surface area contributed by atoms with Gasteiger partial charge in [-0.1, -0.05) is 77.6 Å². The van der Waals surface area contributed by atoms with Crippen LogP contribution < -0.4 is 10.4 Å². The van der Waals surface area contributed by atoms with E-state index < -0.39 is 0 Å². The van der Waals surface area contributed by atoms with E-state index in [2.05, 4.69) is 61.2 Å². The van der Waals surface area contributed by atoms with Gasteiger partial charge < -0.3 is 0 Å². The Morgan fingerprint density at radius 2 is 1.53 bits per heavy atom. The van der Waals surface area contributed by atoms with E-state index in [1.165, 1.54) is 15.9 Å². The lowest BCUT2D eigenvalue weighted by Crippen LogP contribution is -2.28. The molecule has 0 radical (unpaired) electrons. The van der Waals surface area contributed by atoms with Gasteiger partial charge in [-0.2, -0.15) is 0 Å². The summed E-state index contributed by atoms with van der Waals surface area (Å²) >= 11 is 0. The predicted molar refractivity (Wildman–Crippen MR) is 70.8 cm³/mol. The van der Waals surface area contributed by atoms with Crippen molar-refractivity contribution in [3.05, 3.63) is 66.7 Å². The van der Waals surface area contributed by atoms with Gasteiger partial charge in [0, 0.05) is 0 Å². The van der Waals surface area contributed by atoms with Gasteiger partial charge in [0.2, 0.25) is 0 Å². The van der Waals surface area contributed by atoms with Gasteiger partial charge in [0.25, 0.3) is 0 Å². The molecule has 2 aromatic carbocycles. The quantitative estimate of drug-likeness (QED) is 0.673. The highest BCUT2D eigenvalue weighted by Gasteiger charge is 1.99. The molecule has 2 rings (SSSR count). The molecule has 74 valence electrons. The van der Waals surface area contributed by atoms with Gasteiger partial charge in [-0.25, -0.2) is 0 Å². The summed E-state index contributed by atoms with van der Waals surface area (Å²) in [5, 5.41) is 2.95. The summed E-state index contributed by atoms with van der Waals surface area (Å²) in [6.45, 7) is 3.86. The summed E-state index contributed by atoms with van der Waals surface area (Å²) < 4.78 is 0. The van der Waals surface area contributed by atoms with Crippen LogP contribution in [0.4, 0.5) is 0 Å². The fourth-order valence-electron chi connectivity index (χ4n) is 1.71. The van der Waals surface area contributed by atoms with E-state index in [4.69, 9.17) is 0 Å². The molecule has 0 N–H and O–H groups in total. The first-order valence-corrected chi connectivity index (χ1v) is 6.56. The molecule has 0 saturated carbocycles. The number of hydrogen-bond donors (Lipinski definition) is 0. The van der Waals surface area contributed by atoms with Gasteiger partial charge in [-0.05, 0) is 5.56 Å². The average Bonchev–Trinajstić information content (AvgIpc) is 2.31. The second-order valence-electron chi connectivity index (χ2n) is 3.57. The minimum absolute atomic E-state index is 0.345. The Kier molecular flexibility index (Phi) is 3.15. The highest BCUT2D eigenvalue weighted by molar-refractivity contribution is 6.68. The molecule has 0 atom stereocenters. The average molecular weight is 210 g/mol. The lowest BCUT2D eigenvalue weighted by molar-refractivity contribution is 1.71. The maximum Gasteiger partial charge on any atom is 0.0882 e. The topological polar surface area (TPSA) is 0 Å². The summed E-state index contributed by atoms with van der Waals surface area (Å²) in [5.41, 5.74) is 1.29. The van der Waals surface area contributed by atoms with Gasteiger partial charge >= 0.3 is 0 Å². The summed E-state index contributed by atoms with van der Waals surface area (Å²) in [5.74, 6) is 0. The van der Waals surface area contributed by atoms with Crippen LogP contribution in [0.25, 0.3) is 6.08 Å². The van der Waals surface area contributed by atoms with Gasteiger partial charge in [-0.3, -0.25) is 0 Å². The van der Waals surface area contributed by atoms with Crippen LogP contribution in [0.1, 0.15) is 5.56 Å². The van der Waals surface area contributed by atoms with Crippen molar-refractivity contribution in [2.45, 2.75) is 0 Å². The zero-order valence-corrected chi connectivity index (χ0v) is 10.1. The van der Waals surface area contributed by atoms with E-state index in [9.17, 15) is 0 Å². The summed E-state index contributed by atoms with van der Waals surface area (Å²) in [7, 11) is -0.345. The highest BCUT2D eigenvalue weighted by atomic mass is 28.2. The molecular formula is C14H14Si. The molecule has 0 aliphatic rings. The van der Waals surface area contributed by atoms with Crippen molar-refractivity contribution >= 4 is 26.0 Å². The zero-order valence-electron chi connectivity index (χ0n) is 8.69. The Hall–Kier alpha value is -1.60. The molecule has 1 heteroatoms. The van der Waals surface area contributed by atoms with Gasteiger partial charge in [0.05, 0.1) is 9.52 Å². The maximum absolute atomic E-state index is 3.86. The van der Waals surface area contributed by atoms with Gasteiger partial charge in [0.15, 0.2) is 0 Å².